The van der Waals surface area contributed by atoms with Crippen molar-refractivity contribution in [3.63, 3.8) is 0 Å². The molecule has 0 bridgehead atoms. The van der Waals surface area contributed by atoms with Crippen LogP contribution >= 0.6 is 0 Å². The van der Waals surface area contributed by atoms with Gasteiger partial charge in [0.15, 0.2) is 0 Å². The van der Waals surface area contributed by atoms with E-state index in [2.05, 4.69) is 79.8 Å². The van der Waals surface area contributed by atoms with Crippen LogP contribution in [0, 0.1) is 0 Å². The molecule has 5 aromatic rings. The number of hydrogen-bond donors (Lipinski definition) is 0. The molecule has 4 heterocycles. The molecular formula is C20H15BN4-. The molecule has 0 saturated heterocycles. The van der Waals surface area contributed by atoms with E-state index in [0.29, 0.717) is 0 Å². The highest BCUT2D eigenvalue weighted by molar-refractivity contribution is 6.71. The van der Waals surface area contributed by atoms with Crippen LogP contribution < -0.4 is 5.46 Å². The third-order valence-electron chi connectivity index (χ3n) is 4.58. The van der Waals surface area contributed by atoms with Crippen molar-refractivity contribution in [2.24, 2.45) is 0 Å². The lowest BCUT2D eigenvalue weighted by Crippen LogP contribution is -2.44. The van der Waals surface area contributed by atoms with E-state index in [-0.39, 0.29) is 6.98 Å². The first-order chi connectivity index (χ1) is 12.4. The zero-order valence-corrected chi connectivity index (χ0v) is 13.5. The number of aromatic nitrogens is 4. The van der Waals surface area contributed by atoms with Gasteiger partial charge in [0.05, 0.1) is 11.3 Å². The average molecular weight is 322 g/mol. The van der Waals surface area contributed by atoms with Gasteiger partial charge in [0, 0.05) is 23.2 Å². The monoisotopic (exact) mass is 322 g/mol. The molecule has 0 atom stereocenters. The SMILES string of the molecule is c1ccc([B-](n2ccc3cccnc32)n2ccc3cccnc32)cc1. The summed E-state index contributed by atoms with van der Waals surface area (Å²) in [7, 11) is 0. The zero-order valence-electron chi connectivity index (χ0n) is 13.5. The van der Waals surface area contributed by atoms with Crippen LogP contribution in [0.5, 0.6) is 0 Å². The van der Waals surface area contributed by atoms with Crippen molar-refractivity contribution in [1.82, 2.24) is 18.9 Å². The van der Waals surface area contributed by atoms with E-state index in [1.165, 1.54) is 5.46 Å². The molecule has 5 heteroatoms. The molecule has 119 valence electrons. The van der Waals surface area contributed by atoms with Crippen LogP contribution in [-0.2, 0) is 0 Å². The first kappa shape index (κ1) is 14.0. The summed E-state index contributed by atoms with van der Waals surface area (Å²) in [6, 6.07) is 22.8. The molecule has 0 unspecified atom stereocenters. The minimum Gasteiger partial charge on any atom is -0.510 e. The minimum atomic E-state index is -0.0407. The van der Waals surface area contributed by atoms with Gasteiger partial charge >= 0.3 is 0 Å². The second kappa shape index (κ2) is 5.63. The molecule has 5 rings (SSSR count). The maximum Gasteiger partial charge on any atom is 0.120 e. The van der Waals surface area contributed by atoms with Crippen molar-refractivity contribution in [3.8, 4) is 0 Å². The van der Waals surface area contributed by atoms with Gasteiger partial charge in [-0.05, 0) is 48.8 Å². The Hall–Kier alpha value is -3.34. The van der Waals surface area contributed by atoms with E-state index >= 15 is 0 Å². The van der Waals surface area contributed by atoms with Gasteiger partial charge < -0.3 is 8.96 Å². The summed E-state index contributed by atoms with van der Waals surface area (Å²) in [6.07, 6.45) is 7.88. The summed E-state index contributed by atoms with van der Waals surface area (Å²) in [6.45, 7) is -0.0407. The molecule has 0 N–H and O–H groups in total. The van der Waals surface area contributed by atoms with Crippen LogP contribution in [0.2, 0.25) is 0 Å². The van der Waals surface area contributed by atoms with Gasteiger partial charge in [-0.25, -0.2) is 9.97 Å². The van der Waals surface area contributed by atoms with Crippen molar-refractivity contribution in [2.75, 3.05) is 0 Å². The second-order valence-corrected chi connectivity index (χ2v) is 6.06. The molecule has 0 spiro atoms. The fraction of sp³-hybridized carbons (Fsp3) is 0. The smallest absolute Gasteiger partial charge is 0.120 e. The fourth-order valence-electron chi connectivity index (χ4n) is 3.45. The van der Waals surface area contributed by atoms with Crippen LogP contribution in [0.4, 0.5) is 0 Å². The van der Waals surface area contributed by atoms with Crippen LogP contribution in [0.25, 0.3) is 22.1 Å². The highest BCUT2D eigenvalue weighted by Gasteiger charge is 2.11. The predicted molar refractivity (Wildman–Crippen MR) is 102 cm³/mol. The van der Waals surface area contributed by atoms with E-state index in [4.69, 9.17) is 0 Å². The molecule has 0 saturated carbocycles. The summed E-state index contributed by atoms with van der Waals surface area (Å²) < 4.78 is 4.41. The van der Waals surface area contributed by atoms with Crippen molar-refractivity contribution >= 4 is 34.5 Å². The standard InChI is InChI=1S/C20H15BN4/c1-2-8-18(9-3-1)21(24-14-10-16-6-4-12-22-19(16)24)25-15-11-17-7-5-13-23-20(17)25/h1-15H/q-1. The van der Waals surface area contributed by atoms with Gasteiger partial charge in [0.2, 0.25) is 0 Å². The first-order valence-corrected chi connectivity index (χ1v) is 8.30. The number of fused-ring (bicyclic) bond motifs is 2. The number of rotatable bonds is 3. The Morgan fingerprint density at radius 3 is 1.72 bits per heavy atom. The quantitative estimate of drug-likeness (QED) is 0.478. The van der Waals surface area contributed by atoms with Crippen molar-refractivity contribution in [2.45, 2.75) is 0 Å². The Labute approximate surface area is 145 Å². The molecular weight excluding hydrogens is 307 g/mol. The highest BCUT2D eigenvalue weighted by atomic mass is 15.1. The van der Waals surface area contributed by atoms with Crippen molar-refractivity contribution in [1.29, 1.82) is 0 Å². The first-order valence-electron chi connectivity index (χ1n) is 8.30. The second-order valence-electron chi connectivity index (χ2n) is 6.06. The van der Waals surface area contributed by atoms with Gasteiger partial charge in [-0.1, -0.05) is 30.3 Å². The Balaban J connectivity index is 1.81. The molecule has 0 aliphatic heterocycles. The molecule has 25 heavy (non-hydrogen) atoms. The lowest BCUT2D eigenvalue weighted by Gasteiger charge is -2.34. The van der Waals surface area contributed by atoms with E-state index < -0.39 is 0 Å². The van der Waals surface area contributed by atoms with Crippen molar-refractivity contribution in [3.05, 3.63) is 91.5 Å². The van der Waals surface area contributed by atoms with Crippen LogP contribution in [0.15, 0.2) is 91.5 Å². The third-order valence-corrected chi connectivity index (χ3v) is 4.58. The number of nitrogens with zero attached hydrogens (tertiary/aromatic N) is 4. The summed E-state index contributed by atoms with van der Waals surface area (Å²) in [5, 5.41) is 2.26. The average Bonchev–Trinajstić information content (AvgIpc) is 3.29. The molecule has 0 fully saturated rings. The van der Waals surface area contributed by atoms with Crippen LogP contribution in [0.3, 0.4) is 0 Å². The Bertz CT molecular complexity index is 1090. The third kappa shape index (κ3) is 2.24. The topological polar surface area (TPSA) is 35.6 Å². The van der Waals surface area contributed by atoms with Crippen LogP contribution in [-0.4, -0.2) is 25.9 Å². The molecule has 0 amide bonds. The summed E-state index contributed by atoms with van der Waals surface area (Å²) in [5.41, 5.74) is 3.12. The van der Waals surface area contributed by atoms with Gasteiger partial charge in [0.25, 0.3) is 0 Å². The molecule has 4 nitrogen and oxygen atoms in total. The molecule has 1 radical (unpaired) electrons. The van der Waals surface area contributed by atoms with Gasteiger partial charge in [0.1, 0.15) is 6.98 Å². The van der Waals surface area contributed by atoms with E-state index in [9.17, 15) is 0 Å². The lowest BCUT2D eigenvalue weighted by atomic mass is 9.67. The van der Waals surface area contributed by atoms with Crippen LogP contribution in [0.1, 0.15) is 0 Å². The number of benzene rings is 1. The van der Waals surface area contributed by atoms with Gasteiger partial charge in [-0.3, -0.25) is 0 Å². The normalized spacial score (nSPS) is 11.6. The molecule has 4 aromatic heterocycles. The number of hydrogen-bond acceptors (Lipinski definition) is 2. The van der Waals surface area contributed by atoms with E-state index in [1.807, 2.05) is 30.6 Å². The van der Waals surface area contributed by atoms with Crippen molar-refractivity contribution < 1.29 is 0 Å². The Morgan fingerprint density at radius 2 is 1.16 bits per heavy atom. The Kier molecular flexibility index (Phi) is 3.16. The fourth-order valence-corrected chi connectivity index (χ4v) is 3.45. The summed E-state index contributed by atoms with van der Waals surface area (Å²) >= 11 is 0. The largest absolute Gasteiger partial charge is 0.510 e. The Morgan fingerprint density at radius 1 is 0.600 bits per heavy atom. The summed E-state index contributed by atoms with van der Waals surface area (Å²) in [5.74, 6) is 0. The highest BCUT2D eigenvalue weighted by Crippen LogP contribution is 2.18. The zero-order chi connectivity index (χ0) is 16.6. The molecule has 0 aliphatic carbocycles. The maximum atomic E-state index is 4.61. The molecule has 1 aromatic carbocycles. The van der Waals surface area contributed by atoms with Gasteiger partial charge in [-0.2, -0.15) is 5.46 Å². The maximum absolute atomic E-state index is 4.61. The van der Waals surface area contributed by atoms with Gasteiger partial charge in [-0.15, -0.1) is 0 Å². The minimum absolute atomic E-state index is 0.0407. The predicted octanol–water partition coefficient (Wildman–Crippen LogP) is 3.18. The lowest BCUT2D eigenvalue weighted by molar-refractivity contribution is 1.09. The number of pyridine rings is 2. The van der Waals surface area contributed by atoms with E-state index in [0.717, 1.165) is 22.1 Å². The van der Waals surface area contributed by atoms with E-state index in [1.54, 1.807) is 0 Å². The molecule has 0 aliphatic rings. The summed E-state index contributed by atoms with van der Waals surface area (Å²) in [4.78, 5) is 9.21.